The fourth-order valence-corrected chi connectivity index (χ4v) is 4.15. The van der Waals surface area contributed by atoms with E-state index in [2.05, 4.69) is 13.0 Å². The molecule has 0 fully saturated rings. The van der Waals surface area contributed by atoms with Crippen molar-refractivity contribution in [2.45, 2.75) is 19.3 Å². The van der Waals surface area contributed by atoms with Gasteiger partial charge in [-0.1, -0.05) is 55.5 Å². The van der Waals surface area contributed by atoms with Gasteiger partial charge in [0.2, 0.25) is 5.88 Å². The predicted octanol–water partition coefficient (Wildman–Crippen LogP) is 4.79. The van der Waals surface area contributed by atoms with Gasteiger partial charge in [0.05, 0.1) is 5.92 Å². The number of benzene rings is 3. The molecule has 1 aliphatic heterocycles. The first kappa shape index (κ1) is 22.0. The standard InChI is InChI=1S/C28H20N2O5/c1-2-16-7-9-17(10-8-16)25-20-12-11-19(14-24(20)34-26(30)22(25)15-29)33-27(31)21-13-18-5-3-4-6-23(18)35-28(21)32/h3-14,25H,2,30H2,1H3. The maximum absolute atomic E-state index is 12.8. The fourth-order valence-electron chi connectivity index (χ4n) is 4.15. The zero-order valence-corrected chi connectivity index (χ0v) is 18.8. The third-order valence-corrected chi connectivity index (χ3v) is 5.98. The van der Waals surface area contributed by atoms with Crippen LogP contribution in [0, 0.1) is 11.3 Å². The molecule has 0 saturated carbocycles. The Morgan fingerprint density at radius 3 is 2.60 bits per heavy atom. The molecule has 1 unspecified atom stereocenters. The van der Waals surface area contributed by atoms with E-state index >= 15 is 0 Å². The predicted molar refractivity (Wildman–Crippen MR) is 129 cm³/mol. The van der Waals surface area contributed by atoms with E-state index in [4.69, 9.17) is 19.6 Å². The quantitative estimate of drug-likeness (QED) is 0.262. The fraction of sp³-hybridized carbons (Fsp3) is 0.107. The number of nitrogens with zero attached hydrogens (tertiary/aromatic N) is 1. The highest BCUT2D eigenvalue weighted by molar-refractivity contribution is 5.94. The summed E-state index contributed by atoms with van der Waals surface area (Å²) in [7, 11) is 0. The molecule has 7 nitrogen and oxygen atoms in total. The van der Waals surface area contributed by atoms with Crippen molar-refractivity contribution < 1.29 is 18.7 Å². The van der Waals surface area contributed by atoms with Crippen LogP contribution in [0.3, 0.4) is 0 Å². The molecular weight excluding hydrogens is 444 g/mol. The van der Waals surface area contributed by atoms with Crippen LogP contribution in [0.2, 0.25) is 0 Å². The van der Waals surface area contributed by atoms with Gasteiger partial charge in [0.15, 0.2) is 0 Å². The van der Waals surface area contributed by atoms with Crippen LogP contribution in [0.4, 0.5) is 0 Å². The molecule has 35 heavy (non-hydrogen) atoms. The lowest BCUT2D eigenvalue weighted by molar-refractivity contribution is 0.0730. The van der Waals surface area contributed by atoms with E-state index in [-0.39, 0.29) is 17.2 Å². The van der Waals surface area contributed by atoms with E-state index in [1.54, 1.807) is 36.4 Å². The lowest BCUT2D eigenvalue weighted by atomic mass is 9.83. The number of carbonyl (C=O) groups excluding carboxylic acids is 1. The number of aryl methyl sites for hydroxylation is 1. The second kappa shape index (κ2) is 8.84. The van der Waals surface area contributed by atoms with E-state index in [0.717, 1.165) is 12.0 Å². The molecule has 5 rings (SSSR count). The Morgan fingerprint density at radius 2 is 1.86 bits per heavy atom. The Hall–Kier alpha value is -4.83. The van der Waals surface area contributed by atoms with Gasteiger partial charge in [0.1, 0.15) is 34.3 Å². The lowest BCUT2D eigenvalue weighted by Crippen LogP contribution is -2.21. The lowest BCUT2D eigenvalue weighted by Gasteiger charge is -2.26. The summed E-state index contributed by atoms with van der Waals surface area (Å²) < 4.78 is 16.4. The highest BCUT2D eigenvalue weighted by atomic mass is 16.5. The number of fused-ring (bicyclic) bond motifs is 2. The van der Waals surface area contributed by atoms with E-state index in [1.165, 1.54) is 17.7 Å². The van der Waals surface area contributed by atoms with Gasteiger partial charge in [-0.2, -0.15) is 5.26 Å². The molecule has 2 N–H and O–H groups in total. The first-order valence-corrected chi connectivity index (χ1v) is 11.0. The van der Waals surface area contributed by atoms with Crippen LogP contribution in [-0.4, -0.2) is 5.97 Å². The highest BCUT2D eigenvalue weighted by Gasteiger charge is 2.31. The molecule has 3 aromatic carbocycles. The minimum Gasteiger partial charge on any atom is -0.440 e. The van der Waals surface area contributed by atoms with Crippen molar-refractivity contribution in [2.24, 2.45) is 5.73 Å². The number of nitriles is 1. The van der Waals surface area contributed by atoms with Crippen molar-refractivity contribution in [3.05, 3.63) is 117 Å². The van der Waals surface area contributed by atoms with Gasteiger partial charge >= 0.3 is 11.6 Å². The van der Waals surface area contributed by atoms with Crippen LogP contribution in [0.25, 0.3) is 11.0 Å². The van der Waals surface area contributed by atoms with E-state index < -0.39 is 17.5 Å². The largest absolute Gasteiger partial charge is 0.440 e. The van der Waals surface area contributed by atoms with Crippen LogP contribution in [0.15, 0.2) is 93.5 Å². The van der Waals surface area contributed by atoms with Gasteiger partial charge in [0, 0.05) is 17.0 Å². The monoisotopic (exact) mass is 464 g/mol. The number of nitrogens with two attached hydrogens (primary N) is 1. The van der Waals surface area contributed by atoms with Crippen LogP contribution in [0.5, 0.6) is 11.5 Å². The number of ether oxygens (including phenoxy) is 2. The Morgan fingerprint density at radius 1 is 1.09 bits per heavy atom. The van der Waals surface area contributed by atoms with Gasteiger partial charge in [0.25, 0.3) is 0 Å². The minimum atomic E-state index is -0.854. The Bertz CT molecular complexity index is 1590. The molecule has 0 saturated heterocycles. The van der Waals surface area contributed by atoms with Crippen molar-refractivity contribution in [2.75, 3.05) is 0 Å². The average molecular weight is 464 g/mol. The second-order valence-electron chi connectivity index (χ2n) is 8.09. The summed E-state index contributed by atoms with van der Waals surface area (Å²) in [6.45, 7) is 2.07. The van der Waals surface area contributed by atoms with Crippen LogP contribution >= 0.6 is 0 Å². The maximum Gasteiger partial charge on any atom is 0.351 e. The van der Waals surface area contributed by atoms with Crippen molar-refractivity contribution in [3.8, 4) is 17.6 Å². The first-order chi connectivity index (χ1) is 17.0. The zero-order valence-electron chi connectivity index (χ0n) is 18.8. The second-order valence-corrected chi connectivity index (χ2v) is 8.09. The van der Waals surface area contributed by atoms with E-state index in [1.807, 2.05) is 24.3 Å². The summed E-state index contributed by atoms with van der Waals surface area (Å²) in [6, 6.07) is 23.3. The van der Waals surface area contributed by atoms with Crippen molar-refractivity contribution >= 4 is 16.9 Å². The molecular formula is C28H20N2O5. The Labute approximate surface area is 200 Å². The van der Waals surface area contributed by atoms with Gasteiger partial charge in [-0.3, -0.25) is 0 Å². The molecule has 0 bridgehead atoms. The molecule has 0 radical (unpaired) electrons. The molecule has 1 aliphatic rings. The minimum absolute atomic E-state index is 0.0109. The van der Waals surface area contributed by atoms with Crippen LogP contribution in [-0.2, 0) is 6.42 Å². The molecule has 1 atom stereocenters. The number of hydrogen-bond acceptors (Lipinski definition) is 7. The number of hydrogen-bond donors (Lipinski definition) is 1. The summed E-state index contributed by atoms with van der Waals surface area (Å²) >= 11 is 0. The molecule has 0 amide bonds. The summed E-state index contributed by atoms with van der Waals surface area (Å²) in [5, 5.41) is 10.3. The molecule has 2 heterocycles. The highest BCUT2D eigenvalue weighted by Crippen LogP contribution is 2.43. The Kier molecular flexibility index (Phi) is 5.55. The van der Waals surface area contributed by atoms with Gasteiger partial charge in [-0.15, -0.1) is 0 Å². The molecule has 1 aromatic heterocycles. The summed E-state index contributed by atoms with van der Waals surface area (Å²) in [6.07, 6.45) is 0.901. The third-order valence-electron chi connectivity index (χ3n) is 5.98. The van der Waals surface area contributed by atoms with Crippen molar-refractivity contribution in [1.29, 1.82) is 5.26 Å². The summed E-state index contributed by atoms with van der Waals surface area (Å²) in [5.41, 5.74) is 8.54. The number of esters is 1. The molecule has 172 valence electrons. The van der Waals surface area contributed by atoms with Crippen molar-refractivity contribution in [3.63, 3.8) is 0 Å². The SMILES string of the molecule is CCc1ccc(C2C(C#N)=C(N)Oc3cc(OC(=O)c4cc5ccccc5oc4=O)ccc32)cc1. The number of allylic oxidation sites excluding steroid dienone is 1. The topological polar surface area (TPSA) is 116 Å². The summed E-state index contributed by atoms with van der Waals surface area (Å²) in [5.74, 6) is -0.764. The van der Waals surface area contributed by atoms with Gasteiger partial charge in [-0.25, -0.2) is 9.59 Å². The van der Waals surface area contributed by atoms with E-state index in [9.17, 15) is 14.9 Å². The molecule has 0 aliphatic carbocycles. The molecule has 0 spiro atoms. The maximum atomic E-state index is 12.8. The third kappa shape index (κ3) is 4.02. The van der Waals surface area contributed by atoms with Crippen LogP contribution < -0.4 is 20.8 Å². The normalized spacial score (nSPS) is 14.7. The zero-order chi connectivity index (χ0) is 24.5. The van der Waals surface area contributed by atoms with Gasteiger partial charge < -0.3 is 19.6 Å². The van der Waals surface area contributed by atoms with Crippen molar-refractivity contribution in [1.82, 2.24) is 0 Å². The first-order valence-electron chi connectivity index (χ1n) is 11.0. The number of rotatable bonds is 4. The number of para-hydroxylation sites is 1. The number of carbonyl (C=O) groups is 1. The van der Waals surface area contributed by atoms with E-state index in [0.29, 0.717) is 27.9 Å². The smallest absolute Gasteiger partial charge is 0.351 e. The Balaban J connectivity index is 1.48. The average Bonchev–Trinajstić information content (AvgIpc) is 2.87. The van der Waals surface area contributed by atoms with Gasteiger partial charge in [-0.05, 0) is 35.7 Å². The molecule has 7 heteroatoms. The van der Waals surface area contributed by atoms with Crippen LogP contribution in [0.1, 0.15) is 39.9 Å². The summed E-state index contributed by atoms with van der Waals surface area (Å²) in [4.78, 5) is 25.1. The molecule has 4 aromatic rings.